The second kappa shape index (κ2) is 11.1. The summed E-state index contributed by atoms with van der Waals surface area (Å²) in [6.45, 7) is 4.50. The normalized spacial score (nSPS) is 8.11. The molecule has 0 aliphatic carbocycles. The molecule has 0 aliphatic heterocycles. The zero-order valence-electron chi connectivity index (χ0n) is 5.40. The Morgan fingerprint density at radius 3 is 2.56 bits per heavy atom. The molecule has 0 saturated heterocycles. The van der Waals surface area contributed by atoms with E-state index in [1.54, 1.807) is 0 Å². The number of hydrogen-bond acceptors (Lipinski definition) is 1. The Hall–Kier alpha value is 0.280. The molecule has 1 N–H and O–H groups in total. The minimum atomic E-state index is 0. The van der Waals surface area contributed by atoms with Gasteiger partial charge in [-0.25, -0.2) is 4.84 Å². The Balaban J connectivity index is 0. The lowest BCUT2D eigenvalue weighted by Gasteiger charge is -1.92. The maximum Gasteiger partial charge on any atom is 0.0108 e. The lowest BCUT2D eigenvalue weighted by molar-refractivity contribution is 0.732. The van der Waals surface area contributed by atoms with Crippen molar-refractivity contribution in [2.24, 2.45) is 0 Å². The molecular weight excluding hydrogens is 157 g/mol. The van der Waals surface area contributed by atoms with Crippen LogP contribution in [0, 0.1) is 0 Å². The lowest BCUT2D eigenvalue weighted by Crippen LogP contribution is -1.99. The van der Waals surface area contributed by atoms with Crippen LogP contribution in [0.3, 0.4) is 0 Å². The van der Waals surface area contributed by atoms with Crippen molar-refractivity contribution >= 4 is 24.2 Å². The summed E-state index contributed by atoms with van der Waals surface area (Å²) in [6, 6.07) is 0. The van der Waals surface area contributed by atoms with Crippen LogP contribution in [0.15, 0.2) is 12.7 Å². The third-order valence-corrected chi connectivity index (χ3v) is 1.12. The molecule has 0 fully saturated rings. The molecule has 0 bridgehead atoms. The number of halogens is 2. The highest BCUT2D eigenvalue weighted by molar-refractivity contribution is 6.13. The average molecular weight is 170 g/mol. The number of unbranched alkanes of at least 4 members (excludes halogenated alkanes) is 2. The predicted octanol–water partition coefficient (Wildman–Crippen LogP) is 2.51. The van der Waals surface area contributed by atoms with Crippen LogP contribution in [0.1, 0.15) is 19.3 Å². The van der Waals surface area contributed by atoms with Gasteiger partial charge in [-0.15, -0.1) is 19.0 Å². The Morgan fingerprint density at radius 1 is 1.44 bits per heavy atom. The molecule has 0 heterocycles. The Bertz CT molecular complexity index is 57.0. The fraction of sp³-hybridized carbons (Fsp3) is 0.667. The molecule has 0 aliphatic rings. The second-order valence-electron chi connectivity index (χ2n) is 1.67. The van der Waals surface area contributed by atoms with Crippen molar-refractivity contribution < 1.29 is 0 Å². The van der Waals surface area contributed by atoms with Gasteiger partial charge in [-0.05, 0) is 31.0 Å². The molecule has 0 aromatic rings. The Labute approximate surface area is 68.0 Å². The monoisotopic (exact) mass is 169 g/mol. The van der Waals surface area contributed by atoms with Gasteiger partial charge in [0, 0.05) is 6.54 Å². The molecule has 0 spiro atoms. The van der Waals surface area contributed by atoms with Crippen LogP contribution < -0.4 is 4.84 Å². The van der Waals surface area contributed by atoms with E-state index in [0.29, 0.717) is 0 Å². The second-order valence-corrected chi connectivity index (χ2v) is 1.94. The van der Waals surface area contributed by atoms with Gasteiger partial charge in [-0.2, -0.15) is 0 Å². The third kappa shape index (κ3) is 11.7. The van der Waals surface area contributed by atoms with Crippen LogP contribution in [0.2, 0.25) is 0 Å². The van der Waals surface area contributed by atoms with Crippen molar-refractivity contribution in [2.45, 2.75) is 19.3 Å². The van der Waals surface area contributed by atoms with E-state index in [1.807, 2.05) is 6.08 Å². The molecule has 56 valence electrons. The predicted molar refractivity (Wildman–Crippen MR) is 45.2 cm³/mol. The minimum absolute atomic E-state index is 0. The summed E-state index contributed by atoms with van der Waals surface area (Å²) in [5, 5.41) is 0. The molecule has 0 atom stereocenters. The van der Waals surface area contributed by atoms with E-state index >= 15 is 0 Å². The Kier molecular flexibility index (Phi) is 14.8. The third-order valence-electron chi connectivity index (χ3n) is 0.930. The molecule has 0 amide bonds. The van der Waals surface area contributed by atoms with E-state index in [9.17, 15) is 0 Å². The smallest absolute Gasteiger partial charge is 0.0108 e. The van der Waals surface area contributed by atoms with Gasteiger partial charge in [0.25, 0.3) is 0 Å². The topological polar surface area (TPSA) is 12.0 Å². The highest BCUT2D eigenvalue weighted by Crippen LogP contribution is 1.93. The van der Waals surface area contributed by atoms with Gasteiger partial charge in [0.05, 0.1) is 0 Å². The van der Waals surface area contributed by atoms with Crippen LogP contribution in [0.25, 0.3) is 0 Å². The van der Waals surface area contributed by atoms with Crippen molar-refractivity contribution in [3.63, 3.8) is 0 Å². The first kappa shape index (κ1) is 12.0. The quantitative estimate of drug-likeness (QED) is 0.379. The lowest BCUT2D eigenvalue weighted by atomic mass is 10.2. The van der Waals surface area contributed by atoms with Crippen molar-refractivity contribution in [3.8, 4) is 0 Å². The molecule has 3 heteroatoms. The molecule has 1 nitrogen and oxygen atoms in total. The molecule has 0 unspecified atom stereocenters. The van der Waals surface area contributed by atoms with Gasteiger partial charge in [0.2, 0.25) is 0 Å². The summed E-state index contributed by atoms with van der Waals surface area (Å²) < 4.78 is 0. The largest absolute Gasteiger partial charge is 0.234 e. The summed E-state index contributed by atoms with van der Waals surface area (Å²) in [6.07, 6.45) is 5.34. The van der Waals surface area contributed by atoms with Gasteiger partial charge >= 0.3 is 0 Å². The standard InChI is InChI=1S/C6H12ClN.ClH/c1-2-3-4-5-6-8-7;/h2,8H,1,3-6H2;1H. The van der Waals surface area contributed by atoms with E-state index < -0.39 is 0 Å². The summed E-state index contributed by atoms with van der Waals surface area (Å²) >= 11 is 5.20. The maximum atomic E-state index is 5.20. The van der Waals surface area contributed by atoms with Gasteiger partial charge < -0.3 is 0 Å². The van der Waals surface area contributed by atoms with Crippen molar-refractivity contribution in [1.29, 1.82) is 0 Å². The molecule has 0 rings (SSSR count). The van der Waals surface area contributed by atoms with E-state index in [0.717, 1.165) is 19.4 Å². The van der Waals surface area contributed by atoms with Crippen LogP contribution in [0.5, 0.6) is 0 Å². The molecule has 0 aromatic heterocycles. The van der Waals surface area contributed by atoms with Gasteiger partial charge in [-0.1, -0.05) is 6.08 Å². The summed E-state index contributed by atoms with van der Waals surface area (Å²) in [7, 11) is 0. The summed E-state index contributed by atoms with van der Waals surface area (Å²) in [4.78, 5) is 2.56. The molecule has 0 radical (unpaired) electrons. The van der Waals surface area contributed by atoms with Crippen LogP contribution in [-0.4, -0.2) is 6.54 Å². The van der Waals surface area contributed by atoms with Crippen molar-refractivity contribution in [2.75, 3.05) is 6.54 Å². The fourth-order valence-electron chi connectivity index (χ4n) is 0.480. The van der Waals surface area contributed by atoms with E-state index in [4.69, 9.17) is 11.8 Å². The van der Waals surface area contributed by atoms with Gasteiger partial charge in [0.1, 0.15) is 0 Å². The van der Waals surface area contributed by atoms with Crippen molar-refractivity contribution in [1.82, 2.24) is 4.84 Å². The molecular formula is C6H13Cl2N. The van der Waals surface area contributed by atoms with E-state index in [-0.39, 0.29) is 12.4 Å². The zero-order valence-corrected chi connectivity index (χ0v) is 6.97. The highest BCUT2D eigenvalue weighted by Gasteiger charge is 1.81. The van der Waals surface area contributed by atoms with Gasteiger partial charge in [0.15, 0.2) is 0 Å². The first-order valence-electron chi connectivity index (χ1n) is 2.86. The Morgan fingerprint density at radius 2 is 2.11 bits per heavy atom. The van der Waals surface area contributed by atoms with E-state index in [2.05, 4.69) is 11.4 Å². The van der Waals surface area contributed by atoms with Crippen LogP contribution >= 0.6 is 24.2 Å². The molecule has 0 saturated carbocycles. The molecule has 9 heavy (non-hydrogen) atoms. The van der Waals surface area contributed by atoms with E-state index in [1.165, 1.54) is 6.42 Å². The SMILES string of the molecule is C=CCCCCNCl.Cl. The number of allylic oxidation sites excluding steroid dienone is 1. The zero-order chi connectivity index (χ0) is 6.24. The first-order chi connectivity index (χ1) is 3.91. The fourth-order valence-corrected chi connectivity index (χ4v) is 0.614. The number of nitrogens with one attached hydrogen (secondary N) is 1. The molecule has 0 aromatic carbocycles. The number of hydrogen-bond donors (Lipinski definition) is 1. The van der Waals surface area contributed by atoms with Crippen molar-refractivity contribution in [3.05, 3.63) is 12.7 Å². The van der Waals surface area contributed by atoms with Gasteiger partial charge in [-0.3, -0.25) is 0 Å². The first-order valence-corrected chi connectivity index (χ1v) is 3.24. The minimum Gasteiger partial charge on any atom is -0.234 e. The summed E-state index contributed by atoms with van der Waals surface area (Å²) in [5.41, 5.74) is 0. The van der Waals surface area contributed by atoms with Crippen LogP contribution in [-0.2, 0) is 0 Å². The average Bonchev–Trinajstić information content (AvgIpc) is 1.81. The van der Waals surface area contributed by atoms with Crippen LogP contribution in [0.4, 0.5) is 0 Å². The maximum absolute atomic E-state index is 5.20. The number of rotatable bonds is 5. The highest BCUT2D eigenvalue weighted by atomic mass is 35.5. The summed E-state index contributed by atoms with van der Waals surface area (Å²) in [5.74, 6) is 0.